The lowest BCUT2D eigenvalue weighted by Crippen LogP contribution is -2.40. The van der Waals surface area contributed by atoms with Crippen LogP contribution in [0.25, 0.3) is 6.08 Å². The summed E-state index contributed by atoms with van der Waals surface area (Å²) in [5.41, 5.74) is 1.24. The van der Waals surface area contributed by atoms with Crippen LogP contribution in [0.1, 0.15) is 51.8 Å². The van der Waals surface area contributed by atoms with Crippen LogP contribution in [0.15, 0.2) is 63.5 Å². The van der Waals surface area contributed by atoms with Crippen LogP contribution >= 0.6 is 11.3 Å². The number of ether oxygens (including phenoxy) is 4. The van der Waals surface area contributed by atoms with E-state index in [1.54, 1.807) is 62.4 Å². The highest BCUT2D eigenvalue weighted by Gasteiger charge is 2.34. The third kappa shape index (κ3) is 7.83. The summed E-state index contributed by atoms with van der Waals surface area (Å²) in [6, 6.07) is 10.7. The lowest BCUT2D eigenvalue weighted by Gasteiger charge is -2.25. The van der Waals surface area contributed by atoms with Gasteiger partial charge in [0.15, 0.2) is 16.3 Å². The number of carbonyl (C=O) groups excluding carboxylic acids is 3. The van der Waals surface area contributed by atoms with Gasteiger partial charge in [0.1, 0.15) is 5.75 Å². The fourth-order valence-corrected chi connectivity index (χ4v) is 5.23. The van der Waals surface area contributed by atoms with Gasteiger partial charge in [-0.15, -0.1) is 0 Å². The van der Waals surface area contributed by atoms with Crippen LogP contribution in [0.4, 0.5) is 0 Å². The Hall–Kier alpha value is -5.04. The molecule has 0 fully saturated rings. The molecule has 0 saturated carbocycles. The van der Waals surface area contributed by atoms with Gasteiger partial charge in [-0.1, -0.05) is 35.6 Å². The van der Waals surface area contributed by atoms with E-state index in [0.717, 1.165) is 18.3 Å². The molecule has 0 saturated heterocycles. The van der Waals surface area contributed by atoms with E-state index in [4.69, 9.17) is 28.8 Å². The second-order valence-corrected chi connectivity index (χ2v) is 9.97. The Bertz CT molecular complexity index is 1780. The molecule has 4 rings (SSSR count). The lowest BCUT2D eigenvalue weighted by molar-refractivity contribution is -0.139. The van der Waals surface area contributed by atoms with Crippen LogP contribution in [0.2, 0.25) is 0 Å². The van der Waals surface area contributed by atoms with Gasteiger partial charge < -0.3 is 24.1 Å². The Balaban J connectivity index is 0.00000119. The number of methoxy groups -OCH3 is 1. The van der Waals surface area contributed by atoms with E-state index in [9.17, 15) is 19.2 Å². The smallest absolute Gasteiger partial charge is 0.338 e. The van der Waals surface area contributed by atoms with E-state index in [1.807, 2.05) is 0 Å². The van der Waals surface area contributed by atoms with Gasteiger partial charge in [0.2, 0.25) is 0 Å². The molecule has 43 heavy (non-hydrogen) atoms. The first-order valence-electron chi connectivity index (χ1n) is 12.9. The fraction of sp³-hybridized carbons (Fsp3) is 0.267. The first kappa shape index (κ1) is 32.5. The highest BCUT2D eigenvalue weighted by atomic mass is 32.1. The zero-order valence-corrected chi connectivity index (χ0v) is 25.1. The summed E-state index contributed by atoms with van der Waals surface area (Å²) >= 11 is 1.14. The molecule has 0 spiro atoms. The van der Waals surface area contributed by atoms with Crippen LogP contribution in [-0.4, -0.2) is 47.3 Å². The number of rotatable bonds is 7. The van der Waals surface area contributed by atoms with Crippen molar-refractivity contribution in [2.75, 3.05) is 13.7 Å². The van der Waals surface area contributed by atoms with E-state index in [0.29, 0.717) is 31.9 Å². The lowest BCUT2D eigenvalue weighted by atomic mass is 9.95. The van der Waals surface area contributed by atoms with Gasteiger partial charge in [-0.05, 0) is 43.7 Å². The highest BCUT2D eigenvalue weighted by molar-refractivity contribution is 7.07. The molecule has 13 heteroatoms. The second-order valence-electron chi connectivity index (χ2n) is 8.96. The number of carboxylic acid groups (broad SMARTS) is 1. The van der Waals surface area contributed by atoms with Crippen LogP contribution in [0.3, 0.4) is 0 Å². The van der Waals surface area contributed by atoms with Crippen LogP contribution < -0.4 is 29.1 Å². The average molecular weight is 611 g/mol. The van der Waals surface area contributed by atoms with Crippen molar-refractivity contribution in [2.24, 2.45) is 4.99 Å². The maximum absolute atomic E-state index is 13.8. The first-order valence-corrected chi connectivity index (χ1v) is 13.7. The number of para-hydroxylation sites is 1. The molecule has 2 aromatic carbocycles. The summed E-state index contributed by atoms with van der Waals surface area (Å²) in [5.74, 6) is -1.70. The van der Waals surface area contributed by atoms with Crippen molar-refractivity contribution in [3.63, 3.8) is 0 Å². The molecular formula is C30H30N2O10S. The standard InChI is InChI=1S/C28H26N2O8S.C2H4O2/c1-6-36-27(34)24-15(2)29-28-30(25(24)19-11-12-21(38-17(4)32)22(13-19)35-5)26(33)23(39-28)14-18-9-7-8-10-20(18)37-16(3)31;1-2(3)4/h7-14,25H,6H2,1-5H3;1H3,(H,3,4)/b23-14+;. The van der Waals surface area contributed by atoms with Crippen LogP contribution in [0, 0.1) is 0 Å². The van der Waals surface area contributed by atoms with Crippen molar-refractivity contribution >= 4 is 41.3 Å². The molecule has 1 atom stereocenters. The molecule has 12 nitrogen and oxygen atoms in total. The molecule has 0 aliphatic carbocycles. The predicted octanol–water partition coefficient (Wildman–Crippen LogP) is 2.75. The van der Waals surface area contributed by atoms with Crippen molar-refractivity contribution in [2.45, 2.75) is 40.7 Å². The van der Waals surface area contributed by atoms with Gasteiger partial charge >= 0.3 is 17.9 Å². The Morgan fingerprint density at radius 2 is 1.63 bits per heavy atom. The van der Waals surface area contributed by atoms with Crippen LogP contribution in [-0.2, 0) is 23.9 Å². The Labute approximate surface area is 250 Å². The van der Waals surface area contributed by atoms with Gasteiger partial charge in [-0.25, -0.2) is 9.79 Å². The zero-order valence-electron chi connectivity index (χ0n) is 24.3. The maximum atomic E-state index is 13.8. The quantitative estimate of drug-likeness (QED) is 0.311. The molecular weight excluding hydrogens is 580 g/mol. The number of hydrogen-bond acceptors (Lipinski definition) is 11. The first-order chi connectivity index (χ1) is 20.4. The molecule has 3 aromatic rings. The maximum Gasteiger partial charge on any atom is 0.338 e. The number of esters is 3. The summed E-state index contributed by atoms with van der Waals surface area (Å²) in [6.45, 7) is 7.15. The Morgan fingerprint density at radius 3 is 2.23 bits per heavy atom. The summed E-state index contributed by atoms with van der Waals surface area (Å²) in [4.78, 5) is 64.0. The molecule has 2 heterocycles. The van der Waals surface area contributed by atoms with E-state index in [1.165, 1.54) is 25.5 Å². The second kappa shape index (κ2) is 14.2. The summed E-state index contributed by atoms with van der Waals surface area (Å²) in [5, 5.41) is 7.42. The van der Waals surface area contributed by atoms with E-state index in [2.05, 4.69) is 4.99 Å². The molecule has 0 bridgehead atoms. The van der Waals surface area contributed by atoms with Crippen molar-refractivity contribution in [3.8, 4) is 17.2 Å². The van der Waals surface area contributed by atoms with E-state index < -0.39 is 35.5 Å². The molecule has 1 N–H and O–H groups in total. The Kier molecular flexibility index (Phi) is 10.7. The summed E-state index contributed by atoms with van der Waals surface area (Å²) < 4.78 is 23.0. The fourth-order valence-electron chi connectivity index (χ4n) is 4.19. The number of benzene rings is 2. The van der Waals surface area contributed by atoms with Crippen molar-refractivity contribution < 1.29 is 43.2 Å². The minimum atomic E-state index is -0.897. The SMILES string of the molecule is CC(=O)O.CCOC(=O)C1=C(C)N=c2s/c(=C/c3ccccc3OC(C)=O)c(=O)n2C1c1ccc(OC(C)=O)c(OC)c1. The molecule has 1 aliphatic rings. The largest absolute Gasteiger partial charge is 0.493 e. The van der Waals surface area contributed by atoms with Gasteiger partial charge in [0.05, 0.1) is 35.6 Å². The van der Waals surface area contributed by atoms with E-state index >= 15 is 0 Å². The predicted molar refractivity (Wildman–Crippen MR) is 156 cm³/mol. The normalized spacial score (nSPS) is 14.0. The number of thiazole rings is 1. The molecule has 226 valence electrons. The van der Waals surface area contributed by atoms with E-state index in [-0.39, 0.29) is 23.7 Å². The number of fused-ring (bicyclic) bond motifs is 1. The molecule has 1 unspecified atom stereocenters. The molecule has 0 radical (unpaired) electrons. The van der Waals surface area contributed by atoms with Gasteiger partial charge in [0, 0.05) is 26.3 Å². The number of nitrogens with zero attached hydrogens (tertiary/aromatic N) is 2. The number of aliphatic carboxylic acids is 1. The molecule has 0 amide bonds. The van der Waals surface area contributed by atoms with Crippen molar-refractivity contribution in [1.82, 2.24) is 4.57 Å². The third-order valence-electron chi connectivity index (χ3n) is 5.73. The number of allylic oxidation sites excluding steroid dienone is 1. The molecule has 1 aromatic heterocycles. The number of hydrogen-bond donors (Lipinski definition) is 1. The number of carboxylic acids is 1. The minimum absolute atomic E-state index is 0.133. The number of aromatic nitrogens is 1. The highest BCUT2D eigenvalue weighted by Crippen LogP contribution is 2.36. The average Bonchev–Trinajstić information content (AvgIpc) is 3.22. The van der Waals surface area contributed by atoms with Crippen LogP contribution in [0.5, 0.6) is 17.2 Å². The molecule has 1 aliphatic heterocycles. The third-order valence-corrected chi connectivity index (χ3v) is 6.72. The van der Waals surface area contributed by atoms with Gasteiger partial charge in [-0.2, -0.15) is 0 Å². The van der Waals surface area contributed by atoms with Gasteiger partial charge in [-0.3, -0.25) is 23.7 Å². The Morgan fingerprint density at radius 1 is 1.00 bits per heavy atom. The minimum Gasteiger partial charge on any atom is -0.493 e. The van der Waals surface area contributed by atoms with Gasteiger partial charge in [0.25, 0.3) is 11.5 Å². The summed E-state index contributed by atoms with van der Waals surface area (Å²) in [7, 11) is 1.42. The topological polar surface area (TPSA) is 160 Å². The summed E-state index contributed by atoms with van der Waals surface area (Å²) in [6.07, 6.45) is 1.62. The van der Waals surface area contributed by atoms with Crippen molar-refractivity contribution in [3.05, 3.63) is 84.5 Å². The zero-order chi connectivity index (χ0) is 31.8. The number of carbonyl (C=O) groups is 4. The van der Waals surface area contributed by atoms with Crippen molar-refractivity contribution in [1.29, 1.82) is 0 Å². The monoisotopic (exact) mass is 610 g/mol.